The molecule has 0 aliphatic rings. The van der Waals surface area contributed by atoms with Gasteiger partial charge in [-0.1, -0.05) is 32.4 Å². The predicted octanol–water partition coefficient (Wildman–Crippen LogP) is 4.68. The van der Waals surface area contributed by atoms with Crippen molar-refractivity contribution in [2.24, 2.45) is 11.8 Å². The molecule has 1 aromatic rings. The summed E-state index contributed by atoms with van der Waals surface area (Å²) in [5.74, 6) is 0.764. The topological polar surface area (TPSA) is 12.0 Å². The van der Waals surface area contributed by atoms with Gasteiger partial charge in [0.1, 0.15) is 5.82 Å². The van der Waals surface area contributed by atoms with Crippen molar-refractivity contribution in [1.29, 1.82) is 0 Å². The largest absolute Gasteiger partial charge is 0.314 e. The first kappa shape index (κ1) is 16.5. The molecule has 0 saturated heterocycles. The van der Waals surface area contributed by atoms with E-state index in [2.05, 4.69) is 33.0 Å². The molecule has 0 spiro atoms. The molecule has 2 unspecified atom stereocenters. The van der Waals surface area contributed by atoms with Gasteiger partial charge in [-0.15, -0.1) is 0 Å². The second kappa shape index (κ2) is 7.86. The Labute approximate surface area is 121 Å². The maximum Gasteiger partial charge on any atom is 0.123 e. The molecule has 0 bridgehead atoms. The molecule has 1 aromatic carbocycles. The van der Waals surface area contributed by atoms with Crippen LogP contribution >= 0.6 is 11.6 Å². The SMILES string of the molecule is CCCNC(C)C(Cc1cc(F)ccc1Cl)C(C)C. The van der Waals surface area contributed by atoms with Gasteiger partial charge >= 0.3 is 0 Å². The van der Waals surface area contributed by atoms with Crippen LogP contribution in [-0.2, 0) is 6.42 Å². The van der Waals surface area contributed by atoms with E-state index in [1.165, 1.54) is 6.07 Å². The minimum Gasteiger partial charge on any atom is -0.314 e. The van der Waals surface area contributed by atoms with Crippen molar-refractivity contribution in [3.63, 3.8) is 0 Å². The van der Waals surface area contributed by atoms with Crippen molar-refractivity contribution in [2.45, 2.75) is 46.6 Å². The van der Waals surface area contributed by atoms with E-state index in [0.717, 1.165) is 24.9 Å². The van der Waals surface area contributed by atoms with Crippen LogP contribution in [-0.4, -0.2) is 12.6 Å². The molecular weight excluding hydrogens is 261 g/mol. The molecule has 0 heterocycles. The van der Waals surface area contributed by atoms with Gasteiger partial charge in [0.15, 0.2) is 0 Å². The van der Waals surface area contributed by atoms with Gasteiger partial charge in [-0.05, 0) is 61.9 Å². The smallest absolute Gasteiger partial charge is 0.123 e. The van der Waals surface area contributed by atoms with Crippen LogP contribution in [0.3, 0.4) is 0 Å². The summed E-state index contributed by atoms with van der Waals surface area (Å²) in [7, 11) is 0. The fourth-order valence-electron chi connectivity index (χ4n) is 2.47. The lowest BCUT2D eigenvalue weighted by atomic mass is 9.84. The monoisotopic (exact) mass is 285 g/mol. The molecule has 2 atom stereocenters. The lowest BCUT2D eigenvalue weighted by molar-refractivity contribution is 0.289. The van der Waals surface area contributed by atoms with Gasteiger partial charge in [0.05, 0.1) is 0 Å². The first-order valence-electron chi connectivity index (χ1n) is 7.13. The van der Waals surface area contributed by atoms with Crippen LogP contribution in [0.2, 0.25) is 5.02 Å². The number of rotatable bonds is 7. The quantitative estimate of drug-likeness (QED) is 0.767. The summed E-state index contributed by atoms with van der Waals surface area (Å²) >= 11 is 6.17. The number of benzene rings is 1. The zero-order valence-corrected chi connectivity index (χ0v) is 13.1. The normalized spacial score (nSPS) is 14.7. The fraction of sp³-hybridized carbons (Fsp3) is 0.625. The summed E-state index contributed by atoms with van der Waals surface area (Å²) < 4.78 is 13.3. The van der Waals surface area contributed by atoms with Gasteiger partial charge < -0.3 is 5.32 Å². The Morgan fingerprint density at radius 1 is 1.26 bits per heavy atom. The third-order valence-corrected chi connectivity index (χ3v) is 4.05. The molecule has 0 saturated carbocycles. The summed E-state index contributed by atoms with van der Waals surface area (Å²) in [5, 5.41) is 4.19. The number of halogens is 2. The van der Waals surface area contributed by atoms with Crippen molar-refractivity contribution < 1.29 is 4.39 Å². The van der Waals surface area contributed by atoms with Crippen LogP contribution in [0.15, 0.2) is 18.2 Å². The Morgan fingerprint density at radius 2 is 1.95 bits per heavy atom. The van der Waals surface area contributed by atoms with Gasteiger partial charge in [0, 0.05) is 11.1 Å². The van der Waals surface area contributed by atoms with E-state index in [-0.39, 0.29) is 5.82 Å². The Bertz CT molecular complexity index is 392. The molecule has 1 N–H and O–H groups in total. The van der Waals surface area contributed by atoms with Crippen LogP contribution in [0.4, 0.5) is 4.39 Å². The highest BCUT2D eigenvalue weighted by atomic mass is 35.5. The summed E-state index contributed by atoms with van der Waals surface area (Å²) in [6, 6.07) is 5.02. The average molecular weight is 286 g/mol. The van der Waals surface area contributed by atoms with E-state index in [9.17, 15) is 4.39 Å². The van der Waals surface area contributed by atoms with Gasteiger partial charge in [-0.25, -0.2) is 4.39 Å². The summed E-state index contributed by atoms with van der Waals surface area (Å²) in [4.78, 5) is 0. The van der Waals surface area contributed by atoms with E-state index >= 15 is 0 Å². The number of hydrogen-bond donors (Lipinski definition) is 1. The van der Waals surface area contributed by atoms with E-state index in [4.69, 9.17) is 11.6 Å². The molecule has 19 heavy (non-hydrogen) atoms. The second-order valence-electron chi connectivity index (χ2n) is 5.59. The van der Waals surface area contributed by atoms with Gasteiger partial charge in [-0.2, -0.15) is 0 Å². The number of hydrogen-bond acceptors (Lipinski definition) is 1. The third-order valence-electron chi connectivity index (χ3n) is 3.68. The van der Waals surface area contributed by atoms with E-state index in [1.807, 2.05) is 0 Å². The van der Waals surface area contributed by atoms with Crippen molar-refractivity contribution in [1.82, 2.24) is 5.32 Å². The van der Waals surface area contributed by atoms with Crippen LogP contribution in [0.5, 0.6) is 0 Å². The van der Waals surface area contributed by atoms with Crippen LogP contribution in [0.25, 0.3) is 0 Å². The van der Waals surface area contributed by atoms with Crippen molar-refractivity contribution in [2.75, 3.05) is 6.54 Å². The molecule has 3 heteroatoms. The van der Waals surface area contributed by atoms with E-state index in [0.29, 0.717) is 22.9 Å². The zero-order valence-electron chi connectivity index (χ0n) is 12.3. The fourth-order valence-corrected chi connectivity index (χ4v) is 2.66. The zero-order chi connectivity index (χ0) is 14.4. The lowest BCUT2D eigenvalue weighted by Gasteiger charge is -2.29. The number of nitrogens with one attached hydrogen (secondary N) is 1. The molecule has 108 valence electrons. The minimum absolute atomic E-state index is 0.212. The van der Waals surface area contributed by atoms with Crippen LogP contribution in [0.1, 0.15) is 39.7 Å². The molecular formula is C16H25ClFN. The average Bonchev–Trinajstić information content (AvgIpc) is 2.36. The second-order valence-corrected chi connectivity index (χ2v) is 6.00. The molecule has 0 aliphatic heterocycles. The Kier molecular flexibility index (Phi) is 6.81. The predicted molar refractivity (Wildman–Crippen MR) is 81.2 cm³/mol. The summed E-state index contributed by atoms with van der Waals surface area (Å²) in [5.41, 5.74) is 0.908. The Balaban J connectivity index is 2.80. The third kappa shape index (κ3) is 5.12. The van der Waals surface area contributed by atoms with Crippen LogP contribution < -0.4 is 5.32 Å². The van der Waals surface area contributed by atoms with Crippen molar-refractivity contribution in [3.05, 3.63) is 34.6 Å². The van der Waals surface area contributed by atoms with Gasteiger partial charge in [0.2, 0.25) is 0 Å². The molecule has 0 aliphatic carbocycles. The van der Waals surface area contributed by atoms with Crippen LogP contribution in [0, 0.1) is 17.7 Å². The molecule has 1 rings (SSSR count). The summed E-state index contributed by atoms with van der Waals surface area (Å²) in [6.07, 6.45) is 1.93. The molecule has 0 aromatic heterocycles. The standard InChI is InChI=1S/C16H25ClFN/c1-5-8-19-12(4)15(11(2)3)10-13-9-14(18)6-7-16(13)17/h6-7,9,11-12,15,19H,5,8,10H2,1-4H3. The molecule has 0 radical (unpaired) electrons. The summed E-state index contributed by atoms with van der Waals surface area (Å²) in [6.45, 7) is 9.80. The highest BCUT2D eigenvalue weighted by Gasteiger charge is 2.21. The first-order chi connectivity index (χ1) is 8.95. The molecule has 0 amide bonds. The maximum absolute atomic E-state index is 13.3. The Hall–Kier alpha value is -0.600. The van der Waals surface area contributed by atoms with E-state index in [1.54, 1.807) is 12.1 Å². The first-order valence-corrected chi connectivity index (χ1v) is 7.50. The highest BCUT2D eigenvalue weighted by Crippen LogP contribution is 2.26. The highest BCUT2D eigenvalue weighted by molar-refractivity contribution is 6.31. The van der Waals surface area contributed by atoms with E-state index < -0.39 is 0 Å². The molecule has 0 fully saturated rings. The van der Waals surface area contributed by atoms with Gasteiger partial charge in [0.25, 0.3) is 0 Å². The van der Waals surface area contributed by atoms with Crippen molar-refractivity contribution in [3.8, 4) is 0 Å². The molecule has 1 nitrogen and oxygen atoms in total. The minimum atomic E-state index is -0.212. The van der Waals surface area contributed by atoms with Crippen molar-refractivity contribution >= 4 is 11.6 Å². The van der Waals surface area contributed by atoms with Gasteiger partial charge in [-0.3, -0.25) is 0 Å². The maximum atomic E-state index is 13.3. The Morgan fingerprint density at radius 3 is 2.53 bits per heavy atom. The lowest BCUT2D eigenvalue weighted by Crippen LogP contribution is -2.37.